The molecule has 0 aliphatic heterocycles. The summed E-state index contributed by atoms with van der Waals surface area (Å²) in [6.07, 6.45) is 0.833. The molecule has 0 atom stereocenters. The van der Waals surface area contributed by atoms with Gasteiger partial charge in [0.2, 0.25) is 10.0 Å². The van der Waals surface area contributed by atoms with Crippen molar-refractivity contribution in [1.82, 2.24) is 4.31 Å². The molecular formula is C13H22N2O2S. The molecule has 4 nitrogen and oxygen atoms in total. The molecule has 5 heteroatoms. The van der Waals surface area contributed by atoms with Crippen molar-refractivity contribution < 1.29 is 8.42 Å². The first-order valence-corrected chi connectivity index (χ1v) is 7.90. The molecule has 18 heavy (non-hydrogen) atoms. The average Bonchev–Trinajstić information content (AvgIpc) is 2.36. The minimum absolute atomic E-state index is 0.0612. The highest BCUT2D eigenvalue weighted by Gasteiger charge is 2.19. The van der Waals surface area contributed by atoms with Gasteiger partial charge in [0.05, 0.1) is 5.75 Å². The summed E-state index contributed by atoms with van der Waals surface area (Å²) in [4.78, 5) is 0. The van der Waals surface area contributed by atoms with Gasteiger partial charge in [-0.3, -0.25) is 0 Å². The average molecular weight is 270 g/mol. The van der Waals surface area contributed by atoms with Crippen molar-refractivity contribution in [2.45, 2.75) is 32.6 Å². The van der Waals surface area contributed by atoms with Gasteiger partial charge in [-0.25, -0.2) is 12.7 Å². The summed E-state index contributed by atoms with van der Waals surface area (Å²) in [5.74, 6) is 0.0612. The zero-order chi connectivity index (χ0) is 13.6. The van der Waals surface area contributed by atoms with Crippen molar-refractivity contribution in [1.29, 1.82) is 0 Å². The third-order valence-electron chi connectivity index (χ3n) is 2.83. The van der Waals surface area contributed by atoms with Gasteiger partial charge >= 0.3 is 0 Å². The van der Waals surface area contributed by atoms with Gasteiger partial charge in [-0.05, 0) is 17.5 Å². The van der Waals surface area contributed by atoms with Crippen molar-refractivity contribution in [3.05, 3.63) is 35.4 Å². The Balaban J connectivity index is 2.80. The normalized spacial score (nSPS) is 12.0. The van der Waals surface area contributed by atoms with Gasteiger partial charge in [0.25, 0.3) is 0 Å². The first-order valence-electron chi connectivity index (χ1n) is 6.29. The number of nitrogens with zero attached hydrogens (tertiary/aromatic N) is 1. The lowest BCUT2D eigenvalue weighted by Gasteiger charge is -2.19. The predicted molar refractivity (Wildman–Crippen MR) is 74.5 cm³/mol. The monoisotopic (exact) mass is 270 g/mol. The third kappa shape index (κ3) is 4.08. The van der Waals surface area contributed by atoms with Crippen molar-refractivity contribution in [3.63, 3.8) is 0 Å². The third-order valence-corrected chi connectivity index (χ3v) is 4.75. The zero-order valence-corrected chi connectivity index (χ0v) is 11.9. The van der Waals surface area contributed by atoms with Gasteiger partial charge in [0.15, 0.2) is 0 Å². The molecule has 1 aromatic rings. The van der Waals surface area contributed by atoms with Crippen LogP contribution in [0.3, 0.4) is 0 Å². The van der Waals surface area contributed by atoms with E-state index >= 15 is 0 Å². The summed E-state index contributed by atoms with van der Waals surface area (Å²) in [6, 6.07) is 7.42. The first-order chi connectivity index (χ1) is 8.53. The topological polar surface area (TPSA) is 63.4 Å². The number of hydrogen-bond acceptors (Lipinski definition) is 3. The van der Waals surface area contributed by atoms with Crippen LogP contribution in [0.5, 0.6) is 0 Å². The Kier molecular flexibility index (Phi) is 5.78. The summed E-state index contributed by atoms with van der Waals surface area (Å²) < 4.78 is 25.9. The lowest BCUT2D eigenvalue weighted by atomic mass is 10.1. The second kappa shape index (κ2) is 6.87. The van der Waals surface area contributed by atoms with Crippen LogP contribution in [0.4, 0.5) is 0 Å². The molecule has 0 aliphatic rings. The highest BCUT2D eigenvalue weighted by molar-refractivity contribution is 7.88. The SMILES string of the molecule is CCCN(CC)S(=O)(=O)Cc1ccc(CN)cc1. The molecule has 0 saturated carbocycles. The minimum Gasteiger partial charge on any atom is -0.326 e. The Morgan fingerprint density at radius 1 is 1.11 bits per heavy atom. The number of nitrogens with two attached hydrogens (primary N) is 1. The van der Waals surface area contributed by atoms with Crippen LogP contribution in [0, 0.1) is 0 Å². The van der Waals surface area contributed by atoms with Gasteiger partial charge in [-0.15, -0.1) is 0 Å². The van der Waals surface area contributed by atoms with Crippen LogP contribution < -0.4 is 5.73 Å². The van der Waals surface area contributed by atoms with Gasteiger partial charge in [-0.2, -0.15) is 0 Å². The van der Waals surface area contributed by atoms with Crippen LogP contribution in [-0.2, 0) is 22.3 Å². The quantitative estimate of drug-likeness (QED) is 0.820. The van der Waals surface area contributed by atoms with Crippen LogP contribution in [0.25, 0.3) is 0 Å². The van der Waals surface area contributed by atoms with Crippen molar-refractivity contribution in [2.24, 2.45) is 5.73 Å². The summed E-state index contributed by atoms with van der Waals surface area (Å²) in [5, 5.41) is 0. The summed E-state index contributed by atoms with van der Waals surface area (Å²) in [6.45, 7) is 5.43. The molecule has 0 aromatic heterocycles. The molecule has 1 rings (SSSR count). The number of hydrogen-bond donors (Lipinski definition) is 1. The van der Waals surface area contributed by atoms with E-state index in [9.17, 15) is 8.42 Å². The minimum atomic E-state index is -3.21. The van der Waals surface area contributed by atoms with Crippen LogP contribution >= 0.6 is 0 Å². The van der Waals surface area contributed by atoms with E-state index < -0.39 is 10.0 Å². The van der Waals surface area contributed by atoms with E-state index in [1.165, 1.54) is 4.31 Å². The molecular weight excluding hydrogens is 248 g/mol. The molecule has 102 valence electrons. The van der Waals surface area contributed by atoms with E-state index in [1.54, 1.807) is 0 Å². The van der Waals surface area contributed by atoms with E-state index in [2.05, 4.69) is 0 Å². The molecule has 0 unspecified atom stereocenters. The molecule has 0 saturated heterocycles. The number of rotatable bonds is 7. The number of benzene rings is 1. The van der Waals surface area contributed by atoms with Gasteiger partial charge in [0.1, 0.15) is 0 Å². The van der Waals surface area contributed by atoms with Gasteiger partial charge in [-0.1, -0.05) is 38.1 Å². The van der Waals surface area contributed by atoms with Crippen LogP contribution in [0.1, 0.15) is 31.4 Å². The van der Waals surface area contributed by atoms with Crippen LogP contribution in [-0.4, -0.2) is 25.8 Å². The molecule has 1 aromatic carbocycles. The summed E-state index contributed by atoms with van der Waals surface area (Å²) in [7, 11) is -3.21. The molecule has 0 bridgehead atoms. The first kappa shape index (κ1) is 15.1. The lowest BCUT2D eigenvalue weighted by Crippen LogP contribution is -2.32. The van der Waals surface area contributed by atoms with Crippen molar-refractivity contribution >= 4 is 10.0 Å². The molecule has 0 aliphatic carbocycles. The molecule has 2 N–H and O–H groups in total. The largest absolute Gasteiger partial charge is 0.326 e. The summed E-state index contributed by atoms with van der Waals surface area (Å²) >= 11 is 0. The van der Waals surface area contributed by atoms with E-state index in [0.29, 0.717) is 19.6 Å². The smallest absolute Gasteiger partial charge is 0.218 e. The highest BCUT2D eigenvalue weighted by atomic mass is 32.2. The standard InChI is InChI=1S/C13H22N2O2S/c1-3-9-15(4-2)18(16,17)11-13-7-5-12(10-14)6-8-13/h5-8H,3-4,9-11,14H2,1-2H3. The maximum absolute atomic E-state index is 12.2. The Bertz CT molecular complexity index is 454. The van der Waals surface area contributed by atoms with Gasteiger partial charge in [0, 0.05) is 19.6 Å². The molecule has 0 amide bonds. The Hall–Kier alpha value is -0.910. The number of sulfonamides is 1. The molecule has 0 fully saturated rings. The zero-order valence-electron chi connectivity index (χ0n) is 11.1. The fraction of sp³-hybridized carbons (Fsp3) is 0.538. The van der Waals surface area contributed by atoms with E-state index in [-0.39, 0.29) is 5.75 Å². The second-order valence-electron chi connectivity index (χ2n) is 4.27. The van der Waals surface area contributed by atoms with Gasteiger partial charge < -0.3 is 5.73 Å². The van der Waals surface area contributed by atoms with Crippen molar-refractivity contribution in [3.8, 4) is 0 Å². The van der Waals surface area contributed by atoms with E-state index in [1.807, 2.05) is 38.1 Å². The lowest BCUT2D eigenvalue weighted by molar-refractivity contribution is 0.426. The highest BCUT2D eigenvalue weighted by Crippen LogP contribution is 2.12. The molecule has 0 spiro atoms. The second-order valence-corrected chi connectivity index (χ2v) is 6.24. The molecule has 0 radical (unpaired) electrons. The Morgan fingerprint density at radius 2 is 1.67 bits per heavy atom. The van der Waals surface area contributed by atoms with Crippen LogP contribution in [0.2, 0.25) is 0 Å². The fourth-order valence-electron chi connectivity index (χ4n) is 1.82. The van der Waals surface area contributed by atoms with Crippen LogP contribution in [0.15, 0.2) is 24.3 Å². The van der Waals surface area contributed by atoms with E-state index in [0.717, 1.165) is 17.5 Å². The maximum Gasteiger partial charge on any atom is 0.218 e. The summed E-state index contributed by atoms with van der Waals surface area (Å²) in [5.41, 5.74) is 7.33. The Morgan fingerprint density at radius 3 is 2.11 bits per heavy atom. The van der Waals surface area contributed by atoms with E-state index in [4.69, 9.17) is 5.73 Å². The fourth-order valence-corrected chi connectivity index (χ4v) is 3.47. The predicted octanol–water partition coefficient (Wildman–Crippen LogP) is 1.71. The maximum atomic E-state index is 12.2. The van der Waals surface area contributed by atoms with Crippen molar-refractivity contribution in [2.75, 3.05) is 13.1 Å². The molecule has 0 heterocycles. The Labute approximate surface area is 110 Å².